The molecule has 0 N–H and O–H groups in total. The molecule has 1 aliphatic heterocycles. The Balaban J connectivity index is 1.33. The van der Waals surface area contributed by atoms with Crippen LogP contribution in [0.2, 0.25) is 0 Å². The second-order valence-corrected chi connectivity index (χ2v) is 8.14. The van der Waals surface area contributed by atoms with Gasteiger partial charge in [0.25, 0.3) is 0 Å². The Morgan fingerprint density at radius 3 is 2.75 bits per heavy atom. The number of hydrogen-bond donors (Lipinski definition) is 0. The Bertz CT molecular complexity index is 905. The Morgan fingerprint density at radius 2 is 2.07 bits per heavy atom. The molecule has 0 aliphatic carbocycles. The largest absolute Gasteiger partial charge is 0.352 e. The number of hydrogen-bond acceptors (Lipinski definition) is 8. The van der Waals surface area contributed by atoms with E-state index in [9.17, 15) is 4.79 Å². The van der Waals surface area contributed by atoms with Gasteiger partial charge in [0.1, 0.15) is 5.82 Å². The van der Waals surface area contributed by atoms with Crippen LogP contribution in [0.15, 0.2) is 41.3 Å². The van der Waals surface area contributed by atoms with Gasteiger partial charge < -0.3 is 14.4 Å². The Labute approximate surface area is 171 Å². The summed E-state index contributed by atoms with van der Waals surface area (Å²) in [4.78, 5) is 26.3. The number of rotatable bonds is 6. The first-order valence-corrected chi connectivity index (χ1v) is 11.0. The molecule has 146 valence electrons. The van der Waals surface area contributed by atoms with E-state index < -0.39 is 0 Å². The number of thioether (sulfide) groups is 1. The molecule has 0 bridgehead atoms. The maximum atomic E-state index is 12.7. The zero-order valence-electron chi connectivity index (χ0n) is 15.6. The molecule has 3 aromatic heterocycles. The molecule has 4 rings (SSSR count). The molecule has 4 heterocycles. The molecule has 3 aromatic rings. The van der Waals surface area contributed by atoms with Gasteiger partial charge in [-0.3, -0.25) is 9.78 Å². The van der Waals surface area contributed by atoms with Crippen LogP contribution in [0.25, 0.3) is 10.7 Å². The van der Waals surface area contributed by atoms with Crippen LogP contribution in [0.3, 0.4) is 0 Å². The number of carbonyl (C=O) groups is 1. The number of piperazine rings is 1. The van der Waals surface area contributed by atoms with Crippen molar-refractivity contribution in [2.24, 2.45) is 0 Å². The lowest BCUT2D eigenvalue weighted by molar-refractivity contribution is -0.128. The van der Waals surface area contributed by atoms with Gasteiger partial charge in [0.2, 0.25) is 5.91 Å². The van der Waals surface area contributed by atoms with Crippen molar-refractivity contribution >= 4 is 34.8 Å². The van der Waals surface area contributed by atoms with Crippen molar-refractivity contribution in [1.82, 2.24) is 29.6 Å². The zero-order chi connectivity index (χ0) is 19.3. The minimum atomic E-state index is 0.132. The van der Waals surface area contributed by atoms with Crippen LogP contribution in [0.5, 0.6) is 0 Å². The third kappa shape index (κ3) is 4.02. The summed E-state index contributed by atoms with van der Waals surface area (Å²) in [7, 11) is 0. The normalized spacial score (nSPS) is 14.5. The van der Waals surface area contributed by atoms with Gasteiger partial charge in [-0.05, 0) is 18.4 Å². The number of nitrogens with zero attached hydrogens (tertiary/aromatic N) is 7. The number of aromatic nitrogens is 5. The average Bonchev–Trinajstić information content (AvgIpc) is 3.42. The van der Waals surface area contributed by atoms with Crippen molar-refractivity contribution in [3.63, 3.8) is 0 Å². The van der Waals surface area contributed by atoms with E-state index in [0.717, 1.165) is 41.3 Å². The first-order valence-electron chi connectivity index (χ1n) is 9.15. The van der Waals surface area contributed by atoms with Crippen molar-refractivity contribution in [2.75, 3.05) is 36.8 Å². The van der Waals surface area contributed by atoms with Crippen LogP contribution in [0, 0.1) is 0 Å². The first kappa shape index (κ1) is 18.9. The van der Waals surface area contributed by atoms with E-state index >= 15 is 0 Å². The summed E-state index contributed by atoms with van der Waals surface area (Å²) in [6.45, 7) is 5.75. The summed E-state index contributed by atoms with van der Waals surface area (Å²) < 4.78 is 2.07. The van der Waals surface area contributed by atoms with Gasteiger partial charge in [-0.1, -0.05) is 17.8 Å². The lowest BCUT2D eigenvalue weighted by Crippen LogP contribution is -2.49. The standard InChI is InChI=1S/C18H21N7OS2/c1-2-25-17(14-4-3-11-27-14)21-22-18(25)28-13-16(26)24-9-7-23(8-10-24)15-12-19-5-6-20-15/h3-6,11-12H,2,7-10,13H2,1H3. The van der Waals surface area contributed by atoms with Crippen molar-refractivity contribution in [2.45, 2.75) is 18.6 Å². The highest BCUT2D eigenvalue weighted by atomic mass is 32.2. The highest BCUT2D eigenvalue weighted by Gasteiger charge is 2.23. The van der Waals surface area contributed by atoms with Gasteiger partial charge in [-0.15, -0.1) is 21.5 Å². The monoisotopic (exact) mass is 415 g/mol. The quantitative estimate of drug-likeness (QED) is 0.571. The first-order chi connectivity index (χ1) is 13.8. The summed E-state index contributed by atoms with van der Waals surface area (Å²) in [6, 6.07) is 4.04. The van der Waals surface area contributed by atoms with Crippen LogP contribution < -0.4 is 4.90 Å². The van der Waals surface area contributed by atoms with E-state index in [-0.39, 0.29) is 5.91 Å². The van der Waals surface area contributed by atoms with Gasteiger partial charge in [-0.25, -0.2) is 4.98 Å². The molecule has 0 aromatic carbocycles. The highest BCUT2D eigenvalue weighted by Crippen LogP contribution is 2.27. The van der Waals surface area contributed by atoms with E-state index in [1.165, 1.54) is 11.8 Å². The fraction of sp³-hybridized carbons (Fsp3) is 0.389. The minimum Gasteiger partial charge on any atom is -0.352 e. The Hall–Kier alpha value is -2.46. The predicted molar refractivity (Wildman–Crippen MR) is 111 cm³/mol. The summed E-state index contributed by atoms with van der Waals surface area (Å²) in [5.41, 5.74) is 0. The average molecular weight is 416 g/mol. The summed E-state index contributed by atoms with van der Waals surface area (Å²) in [5.74, 6) is 2.23. The molecule has 0 radical (unpaired) electrons. The molecule has 0 spiro atoms. The molecule has 0 atom stereocenters. The molecule has 1 aliphatic rings. The molecule has 0 unspecified atom stereocenters. The third-order valence-corrected chi connectivity index (χ3v) is 6.42. The molecule has 1 saturated heterocycles. The van der Waals surface area contributed by atoms with Gasteiger partial charge in [0.05, 0.1) is 16.8 Å². The second kappa shape index (κ2) is 8.70. The van der Waals surface area contributed by atoms with Crippen LogP contribution in [0.1, 0.15) is 6.92 Å². The minimum absolute atomic E-state index is 0.132. The molecule has 10 heteroatoms. The van der Waals surface area contributed by atoms with Gasteiger partial charge in [-0.2, -0.15) is 0 Å². The molecule has 0 saturated carbocycles. The Morgan fingerprint density at radius 1 is 1.21 bits per heavy atom. The highest BCUT2D eigenvalue weighted by molar-refractivity contribution is 7.99. The SMILES string of the molecule is CCn1c(SCC(=O)N2CCN(c3cnccn3)CC2)nnc1-c1cccs1. The maximum absolute atomic E-state index is 12.7. The smallest absolute Gasteiger partial charge is 0.233 e. The van der Waals surface area contributed by atoms with Crippen molar-refractivity contribution in [3.8, 4) is 10.7 Å². The van der Waals surface area contributed by atoms with E-state index in [2.05, 4.69) is 36.6 Å². The van der Waals surface area contributed by atoms with Crippen molar-refractivity contribution in [3.05, 3.63) is 36.1 Å². The summed E-state index contributed by atoms with van der Waals surface area (Å²) >= 11 is 3.10. The lowest BCUT2D eigenvalue weighted by atomic mass is 10.3. The molecule has 8 nitrogen and oxygen atoms in total. The topological polar surface area (TPSA) is 80.0 Å². The van der Waals surface area contributed by atoms with Gasteiger partial charge in [0, 0.05) is 45.1 Å². The van der Waals surface area contributed by atoms with E-state index in [0.29, 0.717) is 18.8 Å². The van der Waals surface area contributed by atoms with E-state index in [1.807, 2.05) is 22.4 Å². The fourth-order valence-electron chi connectivity index (χ4n) is 3.13. The molecule has 1 amide bonds. The molecule has 1 fully saturated rings. The molecular weight excluding hydrogens is 394 g/mol. The van der Waals surface area contributed by atoms with Crippen molar-refractivity contribution < 1.29 is 4.79 Å². The second-order valence-electron chi connectivity index (χ2n) is 6.25. The number of amides is 1. The van der Waals surface area contributed by atoms with Gasteiger partial charge in [0.15, 0.2) is 11.0 Å². The van der Waals surface area contributed by atoms with Crippen LogP contribution in [-0.2, 0) is 11.3 Å². The molecular formula is C18H21N7OS2. The zero-order valence-corrected chi connectivity index (χ0v) is 17.2. The number of thiophene rings is 1. The van der Waals surface area contributed by atoms with E-state index in [1.54, 1.807) is 29.9 Å². The number of carbonyl (C=O) groups excluding carboxylic acids is 1. The maximum Gasteiger partial charge on any atom is 0.233 e. The number of anilines is 1. The Kier molecular flexibility index (Phi) is 5.87. The fourth-order valence-corrected chi connectivity index (χ4v) is 4.75. The predicted octanol–water partition coefficient (Wildman–Crippen LogP) is 2.26. The third-order valence-electron chi connectivity index (χ3n) is 4.61. The summed E-state index contributed by atoms with van der Waals surface area (Å²) in [5, 5.41) is 11.4. The van der Waals surface area contributed by atoms with E-state index in [4.69, 9.17) is 0 Å². The summed E-state index contributed by atoms with van der Waals surface area (Å²) in [6.07, 6.45) is 5.12. The van der Waals surface area contributed by atoms with Crippen LogP contribution in [0.4, 0.5) is 5.82 Å². The van der Waals surface area contributed by atoms with Crippen LogP contribution in [-0.4, -0.2) is 67.5 Å². The molecule has 28 heavy (non-hydrogen) atoms. The van der Waals surface area contributed by atoms with Crippen LogP contribution >= 0.6 is 23.1 Å². The lowest BCUT2D eigenvalue weighted by Gasteiger charge is -2.35. The van der Waals surface area contributed by atoms with Gasteiger partial charge >= 0.3 is 0 Å². The van der Waals surface area contributed by atoms with Crippen molar-refractivity contribution in [1.29, 1.82) is 0 Å².